The molecule has 0 radical (unpaired) electrons. The highest BCUT2D eigenvalue weighted by Crippen LogP contribution is 2.79. The molecule has 5 fully saturated rings. The number of aliphatic hydroxyl groups excluding tert-OH is 1. The van der Waals surface area contributed by atoms with Crippen molar-refractivity contribution < 1.29 is 14.6 Å². The molecule has 0 amide bonds. The summed E-state index contributed by atoms with van der Waals surface area (Å²) in [4.78, 5) is 13.6. The normalized spacial score (nSPS) is 57.9. The van der Waals surface area contributed by atoms with Gasteiger partial charge >= 0.3 is 5.97 Å². The molecule has 0 unspecified atom stereocenters. The molecule has 1 spiro atoms. The minimum atomic E-state index is -0.446. The third-order valence-corrected chi connectivity index (χ3v) is 13.4. The Labute approximate surface area is 201 Å². The highest BCUT2D eigenvalue weighted by Gasteiger charge is 2.79. The fourth-order valence-corrected chi connectivity index (χ4v) is 11.1. The number of fused-ring (bicyclic) bond motifs is 4. The summed E-state index contributed by atoms with van der Waals surface area (Å²) < 4.78 is 6.69. The Balaban J connectivity index is 1.50. The van der Waals surface area contributed by atoms with Gasteiger partial charge in [-0.3, -0.25) is 4.79 Å². The Bertz CT molecular complexity index is 933. The van der Waals surface area contributed by atoms with Crippen molar-refractivity contribution in [3.8, 4) is 0 Å². The maximum absolute atomic E-state index is 13.6. The maximum atomic E-state index is 13.6. The van der Waals surface area contributed by atoms with E-state index in [1.54, 1.807) is 0 Å². The van der Waals surface area contributed by atoms with Gasteiger partial charge in [-0.05, 0) is 97.4 Å². The van der Waals surface area contributed by atoms with Crippen LogP contribution in [0.2, 0.25) is 0 Å². The second-order valence-electron chi connectivity index (χ2n) is 15.3. The van der Waals surface area contributed by atoms with Crippen LogP contribution in [-0.2, 0) is 9.53 Å². The number of allylic oxidation sites excluding steroid dienone is 1. The molecular weight excluding hydrogens is 408 g/mol. The lowest BCUT2D eigenvalue weighted by molar-refractivity contribution is -0.242. The van der Waals surface area contributed by atoms with Gasteiger partial charge in [-0.1, -0.05) is 54.5 Å². The second kappa shape index (κ2) is 6.11. The highest BCUT2D eigenvalue weighted by atomic mass is 16.6. The molecule has 6 rings (SSSR count). The van der Waals surface area contributed by atoms with E-state index in [1.807, 2.05) is 0 Å². The summed E-state index contributed by atoms with van der Waals surface area (Å²) in [6.45, 7) is 17.0. The van der Waals surface area contributed by atoms with Crippen LogP contribution in [0.4, 0.5) is 0 Å². The van der Waals surface area contributed by atoms with Gasteiger partial charge < -0.3 is 9.84 Å². The van der Waals surface area contributed by atoms with E-state index in [1.165, 1.54) is 6.42 Å². The van der Waals surface area contributed by atoms with Crippen LogP contribution in [0, 0.1) is 50.2 Å². The smallest absolute Gasteiger partial charge is 0.313 e. The van der Waals surface area contributed by atoms with E-state index in [-0.39, 0.29) is 44.6 Å². The average molecular weight is 455 g/mol. The van der Waals surface area contributed by atoms with Crippen LogP contribution in [0.25, 0.3) is 0 Å². The van der Waals surface area contributed by atoms with E-state index in [9.17, 15) is 9.90 Å². The molecular formula is C30H46O3. The summed E-state index contributed by atoms with van der Waals surface area (Å²) in [6, 6.07) is 0. The predicted octanol–water partition coefficient (Wildman–Crippen LogP) is 6.68. The van der Waals surface area contributed by atoms with E-state index < -0.39 is 5.60 Å². The van der Waals surface area contributed by atoms with Crippen LogP contribution in [0.15, 0.2) is 12.2 Å². The first kappa shape index (κ1) is 22.6. The quantitative estimate of drug-likeness (QED) is 0.328. The summed E-state index contributed by atoms with van der Waals surface area (Å²) in [5, 5.41) is 10.9. The molecule has 1 heterocycles. The minimum Gasteiger partial charge on any atom is -0.453 e. The van der Waals surface area contributed by atoms with Crippen molar-refractivity contribution in [2.75, 3.05) is 0 Å². The van der Waals surface area contributed by atoms with Crippen LogP contribution >= 0.6 is 0 Å². The zero-order valence-electron chi connectivity index (χ0n) is 22.1. The Hall–Kier alpha value is -0.830. The first-order valence-electron chi connectivity index (χ1n) is 13.8. The van der Waals surface area contributed by atoms with Crippen LogP contribution in [-0.4, -0.2) is 22.8 Å². The van der Waals surface area contributed by atoms with Crippen molar-refractivity contribution in [3.63, 3.8) is 0 Å². The largest absolute Gasteiger partial charge is 0.453 e. The molecule has 6 aliphatic rings. The maximum Gasteiger partial charge on any atom is 0.313 e. The molecule has 33 heavy (non-hydrogen) atoms. The zero-order valence-corrected chi connectivity index (χ0v) is 22.1. The van der Waals surface area contributed by atoms with Gasteiger partial charge in [0.15, 0.2) is 0 Å². The van der Waals surface area contributed by atoms with Crippen molar-refractivity contribution in [2.45, 2.75) is 118 Å². The molecule has 1 saturated heterocycles. The average Bonchev–Trinajstić information content (AvgIpc) is 2.89. The van der Waals surface area contributed by atoms with E-state index in [2.05, 4.69) is 60.6 Å². The van der Waals surface area contributed by atoms with Crippen LogP contribution < -0.4 is 0 Å². The number of esters is 1. The number of hydrogen-bond donors (Lipinski definition) is 1. The number of aliphatic hydroxyl groups is 1. The van der Waals surface area contributed by atoms with E-state index >= 15 is 0 Å². The number of carbonyl (C=O) groups excluding carboxylic acids is 1. The molecule has 5 aliphatic carbocycles. The first-order chi connectivity index (χ1) is 15.2. The summed E-state index contributed by atoms with van der Waals surface area (Å²) in [5.74, 6) is 1.41. The van der Waals surface area contributed by atoms with E-state index in [0.717, 1.165) is 51.4 Å². The zero-order chi connectivity index (χ0) is 23.9. The molecule has 0 aromatic carbocycles. The van der Waals surface area contributed by atoms with Gasteiger partial charge in [-0.25, -0.2) is 0 Å². The SMILES string of the molecule is CC1(C)CC[C@@]23CC[C@]4(C)[C@@](C=C[C@@H]5[C@@]6(C)CC[C@@H](O)C(C)(C)[C@@H]6CC[C@]54C)(OC2=O)[C@@H]3C1. The molecule has 2 bridgehead atoms. The van der Waals surface area contributed by atoms with Crippen molar-refractivity contribution in [2.24, 2.45) is 50.2 Å². The van der Waals surface area contributed by atoms with E-state index in [0.29, 0.717) is 17.8 Å². The number of rotatable bonds is 0. The van der Waals surface area contributed by atoms with Crippen LogP contribution in [0.1, 0.15) is 106 Å². The third-order valence-electron chi connectivity index (χ3n) is 13.4. The molecule has 9 atom stereocenters. The van der Waals surface area contributed by atoms with Gasteiger partial charge in [-0.15, -0.1) is 0 Å². The summed E-state index contributed by atoms with van der Waals surface area (Å²) in [6.07, 6.45) is 14.4. The van der Waals surface area contributed by atoms with Crippen LogP contribution in [0.5, 0.6) is 0 Å². The van der Waals surface area contributed by atoms with Crippen molar-refractivity contribution >= 4 is 5.97 Å². The molecule has 0 aromatic rings. The van der Waals surface area contributed by atoms with Gasteiger partial charge in [0.25, 0.3) is 0 Å². The van der Waals surface area contributed by atoms with Gasteiger partial charge in [0, 0.05) is 11.3 Å². The lowest BCUT2D eigenvalue weighted by atomic mass is 9.32. The Kier molecular flexibility index (Phi) is 4.19. The molecule has 184 valence electrons. The lowest BCUT2D eigenvalue weighted by Crippen LogP contribution is -2.70. The fraction of sp³-hybridized carbons (Fsp3) is 0.900. The van der Waals surface area contributed by atoms with Crippen molar-refractivity contribution in [3.05, 3.63) is 12.2 Å². The van der Waals surface area contributed by atoms with Gasteiger partial charge in [-0.2, -0.15) is 0 Å². The number of hydrogen-bond acceptors (Lipinski definition) is 3. The van der Waals surface area contributed by atoms with Gasteiger partial charge in [0.1, 0.15) is 5.60 Å². The first-order valence-corrected chi connectivity index (χ1v) is 13.8. The molecule has 3 heteroatoms. The van der Waals surface area contributed by atoms with Gasteiger partial charge in [0.2, 0.25) is 0 Å². The second-order valence-corrected chi connectivity index (χ2v) is 15.3. The van der Waals surface area contributed by atoms with Crippen molar-refractivity contribution in [1.29, 1.82) is 0 Å². The summed E-state index contributed by atoms with van der Waals surface area (Å²) in [7, 11) is 0. The Morgan fingerprint density at radius 2 is 1.58 bits per heavy atom. The summed E-state index contributed by atoms with van der Waals surface area (Å²) in [5.41, 5.74) is -0.233. The fourth-order valence-electron chi connectivity index (χ4n) is 11.1. The Morgan fingerprint density at radius 3 is 2.30 bits per heavy atom. The molecule has 4 saturated carbocycles. The Morgan fingerprint density at radius 1 is 0.879 bits per heavy atom. The van der Waals surface area contributed by atoms with E-state index in [4.69, 9.17) is 4.74 Å². The van der Waals surface area contributed by atoms with Crippen LogP contribution in [0.3, 0.4) is 0 Å². The third kappa shape index (κ3) is 2.31. The minimum absolute atomic E-state index is 0.0403. The molecule has 1 aliphatic heterocycles. The number of carbonyl (C=O) groups is 1. The van der Waals surface area contributed by atoms with Crippen molar-refractivity contribution in [1.82, 2.24) is 0 Å². The predicted molar refractivity (Wildman–Crippen MR) is 130 cm³/mol. The monoisotopic (exact) mass is 454 g/mol. The molecule has 0 aromatic heterocycles. The molecule has 1 N–H and O–H groups in total. The summed E-state index contributed by atoms with van der Waals surface area (Å²) >= 11 is 0. The van der Waals surface area contributed by atoms with Gasteiger partial charge in [0.05, 0.1) is 11.5 Å². The number of ether oxygens (including phenoxy) is 1. The topological polar surface area (TPSA) is 46.5 Å². The molecule has 3 nitrogen and oxygen atoms in total. The highest BCUT2D eigenvalue weighted by molar-refractivity contribution is 5.82. The standard InChI is InChI=1S/C30H46O3/c1-24(2)14-16-29-17-15-28(7)27(6)12-8-19-25(3,4)22(31)10-11-26(19,5)20(27)9-13-30(28,21(29)18-24)33-23(29)32/h9,13,19-22,31H,8,10-12,14-18H2,1-7H3/t19-,20+,21+,22+,26-,27+,28-,29-,30-/m0/s1. The lowest BCUT2D eigenvalue weighted by Gasteiger charge is -2.72.